The molecule has 0 N–H and O–H groups in total. The lowest BCUT2D eigenvalue weighted by Gasteiger charge is -2.31. The minimum atomic E-state index is -1.67. The molecule has 0 amide bonds. The van der Waals surface area contributed by atoms with E-state index in [1.807, 2.05) is 0 Å². The number of carbonyl (C=O) groups excluding carboxylic acids is 2. The highest BCUT2D eigenvalue weighted by molar-refractivity contribution is 5.93. The molecule has 0 atom stereocenters. The first-order valence-corrected chi connectivity index (χ1v) is 3.66. The summed E-state index contributed by atoms with van der Waals surface area (Å²) in [4.78, 5) is 21.8. The Balaban J connectivity index is 2.22. The normalized spacial score (nSPS) is 23.7. The molecule has 1 spiro atoms. The van der Waals surface area contributed by atoms with Gasteiger partial charge in [0.2, 0.25) is 0 Å². The summed E-state index contributed by atoms with van der Waals surface area (Å²) in [5.41, 5.74) is 0. The van der Waals surface area contributed by atoms with Crippen molar-refractivity contribution in [2.45, 2.75) is 12.4 Å². The summed E-state index contributed by atoms with van der Waals surface area (Å²) in [6, 6.07) is 0. The minimum Gasteiger partial charge on any atom is -0.425 e. The summed E-state index contributed by atoms with van der Waals surface area (Å²) in [7, 11) is 0. The van der Waals surface area contributed by atoms with Gasteiger partial charge in [0.15, 0.2) is 0 Å². The Hall–Kier alpha value is -1.78. The average molecular weight is 182 g/mol. The number of hydrogen-bond donors (Lipinski definition) is 0. The van der Waals surface area contributed by atoms with E-state index in [0.717, 1.165) is 0 Å². The number of hydrogen-bond acceptors (Lipinski definition) is 5. The van der Waals surface area contributed by atoms with E-state index in [-0.39, 0.29) is 6.42 Å². The minimum absolute atomic E-state index is 0.372. The molecule has 1 saturated heterocycles. The topological polar surface area (TPSA) is 61.8 Å². The van der Waals surface area contributed by atoms with Gasteiger partial charge in [0.05, 0.1) is 6.26 Å². The van der Waals surface area contributed by atoms with Crippen molar-refractivity contribution < 1.29 is 23.8 Å². The van der Waals surface area contributed by atoms with Crippen molar-refractivity contribution >= 4 is 11.9 Å². The summed E-state index contributed by atoms with van der Waals surface area (Å²) < 4.78 is 14.4. The first-order valence-electron chi connectivity index (χ1n) is 3.66. The number of rotatable bonds is 0. The summed E-state index contributed by atoms with van der Waals surface area (Å²) in [5.74, 6) is -2.98. The van der Waals surface area contributed by atoms with Gasteiger partial charge in [-0.15, -0.1) is 0 Å². The van der Waals surface area contributed by atoms with Gasteiger partial charge in [-0.3, -0.25) is 9.59 Å². The van der Waals surface area contributed by atoms with Crippen LogP contribution in [-0.4, -0.2) is 17.9 Å². The van der Waals surface area contributed by atoms with Crippen LogP contribution in [0, 0.1) is 0 Å². The van der Waals surface area contributed by atoms with Crippen LogP contribution in [0.4, 0.5) is 0 Å². The van der Waals surface area contributed by atoms with E-state index in [2.05, 4.69) is 0 Å². The Morgan fingerprint density at radius 1 is 1.15 bits per heavy atom. The Morgan fingerprint density at radius 2 is 1.85 bits per heavy atom. The van der Waals surface area contributed by atoms with Crippen molar-refractivity contribution in [1.29, 1.82) is 0 Å². The second kappa shape index (κ2) is 2.62. The molecule has 0 aliphatic carbocycles. The lowest BCUT2D eigenvalue weighted by Crippen LogP contribution is -2.45. The van der Waals surface area contributed by atoms with E-state index >= 15 is 0 Å². The molecule has 2 aliphatic rings. The van der Waals surface area contributed by atoms with Gasteiger partial charge in [-0.1, -0.05) is 6.08 Å². The fourth-order valence-corrected chi connectivity index (χ4v) is 1.04. The zero-order chi connectivity index (χ0) is 9.31. The van der Waals surface area contributed by atoms with Crippen molar-refractivity contribution in [2.24, 2.45) is 0 Å². The van der Waals surface area contributed by atoms with E-state index in [0.29, 0.717) is 0 Å². The number of allylic oxidation sites excluding steroid dienone is 2. The van der Waals surface area contributed by atoms with Crippen LogP contribution < -0.4 is 0 Å². The van der Waals surface area contributed by atoms with Crippen LogP contribution in [0.5, 0.6) is 0 Å². The Kier molecular flexibility index (Phi) is 1.58. The zero-order valence-corrected chi connectivity index (χ0v) is 6.56. The first-order chi connectivity index (χ1) is 6.20. The predicted octanol–water partition coefficient (Wildman–Crippen LogP) is 0.230. The molecule has 0 aromatic rings. The Morgan fingerprint density at radius 3 is 2.38 bits per heavy atom. The van der Waals surface area contributed by atoms with Crippen LogP contribution in [-0.2, 0) is 23.8 Å². The lowest BCUT2D eigenvalue weighted by atomic mass is 10.3. The van der Waals surface area contributed by atoms with Crippen LogP contribution in [0.15, 0.2) is 24.5 Å². The van der Waals surface area contributed by atoms with E-state index in [9.17, 15) is 9.59 Å². The van der Waals surface area contributed by atoms with E-state index in [1.165, 1.54) is 12.3 Å². The van der Waals surface area contributed by atoms with Crippen molar-refractivity contribution in [3.05, 3.63) is 24.5 Å². The van der Waals surface area contributed by atoms with Crippen LogP contribution in [0.3, 0.4) is 0 Å². The second-order valence-corrected chi connectivity index (χ2v) is 2.53. The monoisotopic (exact) mass is 182 g/mol. The van der Waals surface area contributed by atoms with Gasteiger partial charge in [-0.05, 0) is 6.08 Å². The fraction of sp³-hybridized carbons (Fsp3) is 0.250. The molecule has 2 rings (SSSR count). The first kappa shape index (κ1) is 7.85. The van der Waals surface area contributed by atoms with Crippen LogP contribution in [0.1, 0.15) is 6.42 Å². The third-order valence-corrected chi connectivity index (χ3v) is 1.52. The van der Waals surface area contributed by atoms with Gasteiger partial charge in [0.25, 0.3) is 0 Å². The molecule has 1 fully saturated rings. The third kappa shape index (κ3) is 1.40. The molecule has 5 heteroatoms. The van der Waals surface area contributed by atoms with Crippen molar-refractivity contribution in [3.63, 3.8) is 0 Å². The maximum absolute atomic E-state index is 10.9. The van der Waals surface area contributed by atoms with Crippen molar-refractivity contribution in [2.75, 3.05) is 0 Å². The highest BCUT2D eigenvalue weighted by Gasteiger charge is 2.44. The smallest absolute Gasteiger partial charge is 0.425 e. The lowest BCUT2D eigenvalue weighted by molar-refractivity contribution is -0.310. The molecule has 2 heterocycles. The molecule has 0 bridgehead atoms. The van der Waals surface area contributed by atoms with E-state index < -0.39 is 17.9 Å². The number of esters is 2. The second-order valence-electron chi connectivity index (χ2n) is 2.53. The molecule has 0 unspecified atom stereocenters. The third-order valence-electron chi connectivity index (χ3n) is 1.52. The van der Waals surface area contributed by atoms with Gasteiger partial charge in [0, 0.05) is 6.08 Å². The Bertz CT molecular complexity index is 298. The largest absolute Gasteiger partial charge is 0.444 e. The van der Waals surface area contributed by atoms with Gasteiger partial charge in [0.1, 0.15) is 6.42 Å². The van der Waals surface area contributed by atoms with Gasteiger partial charge in [-0.2, -0.15) is 0 Å². The maximum atomic E-state index is 10.9. The maximum Gasteiger partial charge on any atom is 0.444 e. The van der Waals surface area contributed by atoms with E-state index in [4.69, 9.17) is 14.2 Å². The SMILES string of the molecule is O=C1CC(=O)OC2(C=CC=CO2)O1. The summed E-state index contributed by atoms with van der Waals surface area (Å²) >= 11 is 0. The van der Waals surface area contributed by atoms with Gasteiger partial charge >= 0.3 is 17.9 Å². The molecule has 13 heavy (non-hydrogen) atoms. The molecular weight excluding hydrogens is 176 g/mol. The highest BCUT2D eigenvalue weighted by Crippen LogP contribution is 2.25. The average Bonchev–Trinajstić information content (AvgIpc) is 2.02. The van der Waals surface area contributed by atoms with Gasteiger partial charge < -0.3 is 14.2 Å². The molecule has 0 radical (unpaired) electrons. The van der Waals surface area contributed by atoms with Crippen molar-refractivity contribution in [1.82, 2.24) is 0 Å². The molecule has 5 nitrogen and oxygen atoms in total. The molecule has 0 saturated carbocycles. The molecule has 68 valence electrons. The van der Waals surface area contributed by atoms with Crippen LogP contribution >= 0.6 is 0 Å². The zero-order valence-electron chi connectivity index (χ0n) is 6.56. The standard InChI is InChI=1S/C8H6O5/c9-6-5-7(10)13-8(12-6)3-1-2-4-11-8/h1-4H,5H2. The Labute approximate surface area is 73.6 Å². The quantitative estimate of drug-likeness (QED) is 0.396. The summed E-state index contributed by atoms with van der Waals surface area (Å²) in [6.07, 6.45) is 5.41. The molecule has 0 aromatic heterocycles. The number of ether oxygens (including phenoxy) is 3. The number of carbonyl (C=O) groups is 2. The van der Waals surface area contributed by atoms with Crippen LogP contribution in [0.2, 0.25) is 0 Å². The fourth-order valence-electron chi connectivity index (χ4n) is 1.04. The highest BCUT2D eigenvalue weighted by atomic mass is 16.9. The van der Waals surface area contributed by atoms with Crippen molar-refractivity contribution in [3.8, 4) is 0 Å². The summed E-state index contributed by atoms with van der Waals surface area (Å²) in [6.45, 7) is 0. The van der Waals surface area contributed by atoms with Gasteiger partial charge in [-0.25, -0.2) is 0 Å². The molecule has 2 aliphatic heterocycles. The predicted molar refractivity (Wildman–Crippen MR) is 38.9 cm³/mol. The summed E-state index contributed by atoms with van der Waals surface area (Å²) in [5, 5.41) is 0. The van der Waals surface area contributed by atoms with Crippen LogP contribution in [0.25, 0.3) is 0 Å². The molecular formula is C8H6O5. The molecule has 0 aromatic carbocycles. The van der Waals surface area contributed by atoms with E-state index in [1.54, 1.807) is 12.2 Å².